The maximum atomic E-state index is 12.4. The number of carbonyl (C=O) groups excluding carboxylic acids is 1. The van der Waals surface area contributed by atoms with Crippen molar-refractivity contribution in [1.82, 2.24) is 9.80 Å². The van der Waals surface area contributed by atoms with Crippen molar-refractivity contribution < 1.29 is 9.53 Å². The molecule has 1 rings (SSSR count). The highest BCUT2D eigenvalue weighted by Crippen LogP contribution is 2.16. The Labute approximate surface area is 127 Å². The summed E-state index contributed by atoms with van der Waals surface area (Å²) in [6.45, 7) is 7.51. The van der Waals surface area contributed by atoms with Gasteiger partial charge in [-0.15, -0.1) is 0 Å². The number of amides is 1. The molecule has 20 heavy (non-hydrogen) atoms. The van der Waals surface area contributed by atoms with Crippen LogP contribution in [-0.2, 0) is 9.53 Å². The van der Waals surface area contributed by atoms with Crippen molar-refractivity contribution in [2.45, 2.75) is 38.4 Å². The van der Waals surface area contributed by atoms with Gasteiger partial charge in [-0.1, -0.05) is 0 Å². The molecule has 1 amide bonds. The zero-order valence-electron chi connectivity index (χ0n) is 13.2. The van der Waals surface area contributed by atoms with Gasteiger partial charge in [0.15, 0.2) is 0 Å². The first-order chi connectivity index (χ1) is 9.51. The van der Waals surface area contributed by atoms with Crippen LogP contribution in [0.1, 0.15) is 20.3 Å². The minimum absolute atomic E-state index is 0.101. The first-order valence-corrected chi connectivity index (χ1v) is 8.68. The third kappa shape index (κ3) is 4.91. The molecule has 3 atom stereocenters. The minimum atomic E-state index is -0.354. The number of hydrogen-bond donors (Lipinski definition) is 1. The van der Waals surface area contributed by atoms with E-state index in [1.54, 1.807) is 18.9 Å². The maximum Gasteiger partial charge on any atom is 0.239 e. The lowest BCUT2D eigenvalue weighted by molar-refractivity contribution is -0.137. The van der Waals surface area contributed by atoms with E-state index in [4.69, 9.17) is 10.5 Å². The predicted octanol–water partition coefficient (Wildman–Crippen LogP) is 0.634. The number of thioether (sulfide) groups is 1. The van der Waals surface area contributed by atoms with Crippen LogP contribution in [0.15, 0.2) is 0 Å². The normalized spacial score (nSPS) is 25.8. The van der Waals surface area contributed by atoms with Crippen molar-refractivity contribution in [3.05, 3.63) is 0 Å². The third-order valence-corrected chi connectivity index (χ3v) is 4.56. The van der Waals surface area contributed by atoms with Gasteiger partial charge >= 0.3 is 0 Å². The highest BCUT2D eigenvalue weighted by Gasteiger charge is 2.32. The molecule has 5 nitrogen and oxygen atoms in total. The molecule has 1 saturated heterocycles. The Hall–Kier alpha value is -0.300. The van der Waals surface area contributed by atoms with Crippen molar-refractivity contribution in [2.75, 3.05) is 45.4 Å². The van der Waals surface area contributed by atoms with Gasteiger partial charge in [0.25, 0.3) is 0 Å². The second-order valence-corrected chi connectivity index (χ2v) is 6.55. The van der Waals surface area contributed by atoms with Crippen LogP contribution in [0, 0.1) is 0 Å². The van der Waals surface area contributed by atoms with Gasteiger partial charge in [-0.3, -0.25) is 9.69 Å². The van der Waals surface area contributed by atoms with Crippen molar-refractivity contribution >= 4 is 17.7 Å². The molecule has 3 unspecified atom stereocenters. The van der Waals surface area contributed by atoms with E-state index < -0.39 is 0 Å². The Balaban J connectivity index is 2.53. The average Bonchev–Trinajstić information content (AvgIpc) is 2.42. The van der Waals surface area contributed by atoms with Gasteiger partial charge in [-0.25, -0.2) is 0 Å². The summed E-state index contributed by atoms with van der Waals surface area (Å²) in [7, 11) is 1.72. The van der Waals surface area contributed by atoms with Crippen molar-refractivity contribution in [3.63, 3.8) is 0 Å². The van der Waals surface area contributed by atoms with E-state index >= 15 is 0 Å². The van der Waals surface area contributed by atoms with E-state index in [9.17, 15) is 4.79 Å². The molecule has 0 aromatic carbocycles. The summed E-state index contributed by atoms with van der Waals surface area (Å²) in [5.41, 5.74) is 6.00. The van der Waals surface area contributed by atoms with E-state index in [1.165, 1.54) is 0 Å². The van der Waals surface area contributed by atoms with E-state index in [0.717, 1.165) is 38.4 Å². The molecule has 0 spiro atoms. The molecule has 1 heterocycles. The number of methoxy groups -OCH3 is 1. The lowest BCUT2D eigenvalue weighted by Crippen LogP contribution is -2.60. The zero-order valence-corrected chi connectivity index (χ0v) is 14.0. The number of nitrogens with zero attached hydrogens (tertiary/aromatic N) is 2. The molecule has 1 aliphatic heterocycles. The Morgan fingerprint density at radius 3 is 2.50 bits per heavy atom. The van der Waals surface area contributed by atoms with Gasteiger partial charge in [0.05, 0.1) is 12.6 Å². The molecule has 6 heteroatoms. The molecule has 118 valence electrons. The summed E-state index contributed by atoms with van der Waals surface area (Å²) in [5.74, 6) is 1.04. The van der Waals surface area contributed by atoms with Crippen molar-refractivity contribution in [2.24, 2.45) is 5.73 Å². The predicted molar refractivity (Wildman–Crippen MR) is 85.1 cm³/mol. The van der Waals surface area contributed by atoms with Gasteiger partial charge in [0, 0.05) is 38.8 Å². The number of hydrogen-bond acceptors (Lipinski definition) is 5. The van der Waals surface area contributed by atoms with E-state index in [2.05, 4.69) is 18.7 Å². The fraction of sp³-hybridized carbons (Fsp3) is 0.929. The average molecular weight is 303 g/mol. The number of rotatable bonds is 7. The molecule has 0 aliphatic carbocycles. The summed E-state index contributed by atoms with van der Waals surface area (Å²) in [6, 6.07) is 0.351. The SMILES string of the molecule is COCCN1C(C)CN(C(=O)C(N)CCSC)CC1C. The lowest BCUT2D eigenvalue weighted by atomic mass is 10.1. The number of nitrogens with two attached hydrogens (primary N) is 1. The molecule has 0 bridgehead atoms. The van der Waals surface area contributed by atoms with Crippen LogP contribution in [0.4, 0.5) is 0 Å². The van der Waals surface area contributed by atoms with Crippen LogP contribution >= 0.6 is 11.8 Å². The molecule has 2 N–H and O–H groups in total. The summed E-state index contributed by atoms with van der Waals surface area (Å²) >= 11 is 1.73. The Kier molecular flexibility index (Phi) is 7.87. The smallest absolute Gasteiger partial charge is 0.239 e. The van der Waals surface area contributed by atoms with Crippen LogP contribution in [-0.4, -0.2) is 79.2 Å². The standard InChI is InChI=1S/C14H29N3O2S/c1-11-9-16(14(18)13(15)5-8-20-4)10-12(2)17(11)6-7-19-3/h11-13H,5-10,15H2,1-4H3. The summed E-state index contributed by atoms with van der Waals surface area (Å²) in [4.78, 5) is 16.7. The molecule has 0 aromatic rings. The molecular weight excluding hydrogens is 274 g/mol. The zero-order chi connectivity index (χ0) is 15.1. The third-order valence-electron chi connectivity index (χ3n) is 3.92. The minimum Gasteiger partial charge on any atom is -0.383 e. The van der Waals surface area contributed by atoms with E-state index in [-0.39, 0.29) is 11.9 Å². The molecule has 0 saturated carbocycles. The van der Waals surface area contributed by atoms with Crippen LogP contribution in [0.2, 0.25) is 0 Å². The fourth-order valence-electron chi connectivity index (χ4n) is 2.78. The lowest BCUT2D eigenvalue weighted by Gasteiger charge is -2.45. The van der Waals surface area contributed by atoms with Gasteiger partial charge < -0.3 is 15.4 Å². The van der Waals surface area contributed by atoms with Crippen molar-refractivity contribution in [1.29, 1.82) is 0 Å². The Morgan fingerprint density at radius 2 is 2.00 bits per heavy atom. The number of carbonyl (C=O) groups is 1. The van der Waals surface area contributed by atoms with E-state index in [0.29, 0.717) is 12.1 Å². The number of ether oxygens (including phenoxy) is 1. The van der Waals surface area contributed by atoms with Crippen LogP contribution < -0.4 is 5.73 Å². The molecule has 0 radical (unpaired) electrons. The largest absolute Gasteiger partial charge is 0.383 e. The summed E-state index contributed by atoms with van der Waals surface area (Å²) in [6.07, 6.45) is 2.79. The van der Waals surface area contributed by atoms with Crippen LogP contribution in [0.5, 0.6) is 0 Å². The molecule has 1 aliphatic rings. The Bertz CT molecular complexity index is 292. The van der Waals surface area contributed by atoms with Crippen LogP contribution in [0.25, 0.3) is 0 Å². The molecule has 0 aromatic heterocycles. The quantitative estimate of drug-likeness (QED) is 0.748. The molecule has 1 fully saturated rings. The fourth-order valence-corrected chi connectivity index (χ4v) is 3.27. The first-order valence-electron chi connectivity index (χ1n) is 7.29. The summed E-state index contributed by atoms with van der Waals surface area (Å²) in [5, 5.41) is 0. The summed E-state index contributed by atoms with van der Waals surface area (Å²) < 4.78 is 5.15. The first kappa shape index (κ1) is 17.8. The highest BCUT2D eigenvalue weighted by atomic mass is 32.2. The topological polar surface area (TPSA) is 58.8 Å². The second-order valence-electron chi connectivity index (χ2n) is 5.56. The van der Waals surface area contributed by atoms with Gasteiger partial charge in [-0.05, 0) is 32.3 Å². The van der Waals surface area contributed by atoms with Crippen molar-refractivity contribution in [3.8, 4) is 0 Å². The van der Waals surface area contributed by atoms with Gasteiger partial charge in [-0.2, -0.15) is 11.8 Å². The van der Waals surface area contributed by atoms with Gasteiger partial charge in [0.2, 0.25) is 5.91 Å². The number of piperazine rings is 1. The van der Waals surface area contributed by atoms with E-state index in [1.807, 2.05) is 11.2 Å². The maximum absolute atomic E-state index is 12.4. The van der Waals surface area contributed by atoms with Gasteiger partial charge in [0.1, 0.15) is 0 Å². The van der Waals surface area contributed by atoms with Crippen LogP contribution in [0.3, 0.4) is 0 Å². The molecular formula is C14H29N3O2S. The highest BCUT2D eigenvalue weighted by molar-refractivity contribution is 7.98. The second kappa shape index (κ2) is 8.87. The Morgan fingerprint density at radius 1 is 1.40 bits per heavy atom. The monoisotopic (exact) mass is 303 g/mol.